The average molecular weight is 487 g/mol. The zero-order valence-electron chi connectivity index (χ0n) is 18.3. The van der Waals surface area contributed by atoms with Crippen molar-refractivity contribution in [2.45, 2.75) is 50.5 Å². The number of rotatable bonds is 3. The summed E-state index contributed by atoms with van der Waals surface area (Å²) < 4.78 is 24.7. The van der Waals surface area contributed by atoms with E-state index in [1.54, 1.807) is 14.2 Å². The molecule has 2 aromatic rings. The molecule has 6 nitrogen and oxygen atoms in total. The molecule has 1 fully saturated rings. The Labute approximate surface area is 191 Å². The first-order chi connectivity index (χ1) is 14.8. The monoisotopic (exact) mass is 486 g/mol. The molecule has 2 atom stereocenters. The Balaban J connectivity index is 1.60. The van der Waals surface area contributed by atoms with Crippen molar-refractivity contribution in [1.29, 1.82) is 0 Å². The first-order valence-electron chi connectivity index (χ1n) is 10.6. The van der Waals surface area contributed by atoms with Gasteiger partial charge in [0.1, 0.15) is 5.75 Å². The second kappa shape index (κ2) is 7.41. The number of hydrogen-bond donors (Lipinski definition) is 0. The summed E-state index contributed by atoms with van der Waals surface area (Å²) in [6.45, 7) is 4.89. The van der Waals surface area contributed by atoms with Gasteiger partial charge in [-0.1, -0.05) is 15.9 Å². The van der Waals surface area contributed by atoms with Gasteiger partial charge in [0.15, 0.2) is 11.5 Å². The molecule has 0 radical (unpaired) electrons. The zero-order chi connectivity index (χ0) is 21.8. The van der Waals surface area contributed by atoms with Crippen molar-refractivity contribution in [3.05, 3.63) is 52.0 Å². The highest BCUT2D eigenvalue weighted by molar-refractivity contribution is 9.10. The highest BCUT2D eigenvalue weighted by atomic mass is 79.9. The van der Waals surface area contributed by atoms with Crippen LogP contribution in [0.3, 0.4) is 0 Å². The third-order valence-corrected chi connectivity index (χ3v) is 6.86. The first kappa shape index (κ1) is 20.6. The Bertz CT molecular complexity index is 1050. The molecule has 5 rings (SSSR count). The largest absolute Gasteiger partial charge is 0.493 e. The molecule has 0 aliphatic carbocycles. The van der Waals surface area contributed by atoms with Gasteiger partial charge >= 0.3 is 0 Å². The Hall–Kier alpha value is -2.25. The summed E-state index contributed by atoms with van der Waals surface area (Å²) in [4.78, 5) is 0. The molecule has 0 bridgehead atoms. The number of methoxy groups -OCH3 is 2. The summed E-state index contributed by atoms with van der Waals surface area (Å²) >= 11 is 3.63. The first-order valence-corrected chi connectivity index (χ1v) is 11.4. The minimum atomic E-state index is -0.522. The van der Waals surface area contributed by atoms with E-state index < -0.39 is 5.72 Å². The van der Waals surface area contributed by atoms with Crippen molar-refractivity contribution in [3.63, 3.8) is 0 Å². The SMILES string of the molecule is COc1ccc(C2=NN3[C@@H](C2)c2cc(Br)ccc2O[C@]32CCOC(C)(C)C2)cc1OC. The van der Waals surface area contributed by atoms with E-state index in [1.807, 2.05) is 24.3 Å². The van der Waals surface area contributed by atoms with Crippen molar-refractivity contribution in [3.8, 4) is 17.2 Å². The summed E-state index contributed by atoms with van der Waals surface area (Å²) in [6.07, 6.45) is 2.31. The molecule has 2 aromatic carbocycles. The topological polar surface area (TPSA) is 52.5 Å². The maximum Gasteiger partial charge on any atom is 0.203 e. The van der Waals surface area contributed by atoms with Gasteiger partial charge in [0.05, 0.1) is 38.2 Å². The van der Waals surface area contributed by atoms with Crippen molar-refractivity contribution in [2.24, 2.45) is 5.10 Å². The minimum Gasteiger partial charge on any atom is -0.493 e. The van der Waals surface area contributed by atoms with E-state index in [1.165, 1.54) is 0 Å². The standard InChI is InChI=1S/C24H27BrN2O4/c1-23(2)14-24(9-10-30-23)27-19(17-12-16(25)6-8-20(17)31-24)13-18(26-27)15-5-7-21(28-3)22(11-15)29-4/h5-8,11-12,19H,9-10,13-14H2,1-4H3/t19-,24-/m0/s1. The molecule has 0 aromatic heterocycles. The van der Waals surface area contributed by atoms with E-state index >= 15 is 0 Å². The second-order valence-electron chi connectivity index (χ2n) is 8.95. The van der Waals surface area contributed by atoms with Crippen LogP contribution in [0.2, 0.25) is 0 Å². The van der Waals surface area contributed by atoms with Gasteiger partial charge < -0.3 is 18.9 Å². The summed E-state index contributed by atoms with van der Waals surface area (Å²) in [6, 6.07) is 12.3. The number of hydrazone groups is 1. The number of ether oxygens (including phenoxy) is 4. The molecule has 0 N–H and O–H groups in total. The number of halogens is 1. The fourth-order valence-electron chi connectivity index (χ4n) is 5.02. The van der Waals surface area contributed by atoms with Crippen LogP contribution in [0, 0.1) is 0 Å². The van der Waals surface area contributed by atoms with E-state index in [2.05, 4.69) is 46.9 Å². The van der Waals surface area contributed by atoms with Gasteiger partial charge in [0.25, 0.3) is 0 Å². The smallest absolute Gasteiger partial charge is 0.203 e. The normalized spacial score (nSPS) is 26.0. The summed E-state index contributed by atoms with van der Waals surface area (Å²) in [5.41, 5.74) is 2.41. The summed E-state index contributed by atoms with van der Waals surface area (Å²) in [5, 5.41) is 7.33. The molecule has 1 saturated heterocycles. The van der Waals surface area contributed by atoms with Gasteiger partial charge in [-0.15, -0.1) is 0 Å². The van der Waals surface area contributed by atoms with Crippen molar-refractivity contribution in [1.82, 2.24) is 5.01 Å². The van der Waals surface area contributed by atoms with Crippen LogP contribution in [0.5, 0.6) is 17.2 Å². The predicted octanol–water partition coefficient (Wildman–Crippen LogP) is 5.30. The Morgan fingerprint density at radius 1 is 1.10 bits per heavy atom. The molecule has 31 heavy (non-hydrogen) atoms. The van der Waals surface area contributed by atoms with Crippen LogP contribution in [-0.4, -0.2) is 42.9 Å². The molecule has 0 amide bonds. The third kappa shape index (κ3) is 3.48. The van der Waals surface area contributed by atoms with Crippen LogP contribution in [0.1, 0.15) is 50.3 Å². The van der Waals surface area contributed by atoms with Crippen LogP contribution in [0.4, 0.5) is 0 Å². The highest BCUT2D eigenvalue weighted by Gasteiger charge is 2.54. The summed E-state index contributed by atoms with van der Waals surface area (Å²) in [5.74, 6) is 2.35. The zero-order valence-corrected chi connectivity index (χ0v) is 19.9. The molecular formula is C24H27BrN2O4. The van der Waals surface area contributed by atoms with Gasteiger partial charge in [-0.3, -0.25) is 0 Å². The van der Waals surface area contributed by atoms with Crippen LogP contribution in [0.15, 0.2) is 46.0 Å². The fourth-order valence-corrected chi connectivity index (χ4v) is 5.40. The molecule has 3 aliphatic rings. The van der Waals surface area contributed by atoms with Gasteiger partial charge in [-0.2, -0.15) is 5.10 Å². The van der Waals surface area contributed by atoms with Crippen LogP contribution in [-0.2, 0) is 4.74 Å². The summed E-state index contributed by atoms with van der Waals surface area (Å²) in [7, 11) is 3.30. The van der Waals surface area contributed by atoms with E-state index in [0.29, 0.717) is 18.1 Å². The van der Waals surface area contributed by atoms with E-state index in [9.17, 15) is 0 Å². The van der Waals surface area contributed by atoms with Crippen LogP contribution >= 0.6 is 15.9 Å². The molecule has 3 aliphatic heterocycles. The van der Waals surface area contributed by atoms with Crippen molar-refractivity contribution in [2.75, 3.05) is 20.8 Å². The van der Waals surface area contributed by atoms with Gasteiger partial charge in [-0.05, 0) is 50.2 Å². The third-order valence-electron chi connectivity index (χ3n) is 6.36. The van der Waals surface area contributed by atoms with E-state index in [-0.39, 0.29) is 11.6 Å². The Morgan fingerprint density at radius 3 is 2.65 bits per heavy atom. The van der Waals surface area contributed by atoms with Gasteiger partial charge in [-0.25, -0.2) is 5.01 Å². The lowest BCUT2D eigenvalue weighted by atomic mass is 9.86. The van der Waals surface area contributed by atoms with E-state index in [0.717, 1.165) is 46.3 Å². The molecule has 7 heteroatoms. The molecule has 1 spiro atoms. The number of fused-ring (bicyclic) bond motifs is 4. The van der Waals surface area contributed by atoms with Gasteiger partial charge in [0, 0.05) is 34.9 Å². The number of benzene rings is 2. The Morgan fingerprint density at radius 2 is 1.90 bits per heavy atom. The number of hydrogen-bond acceptors (Lipinski definition) is 6. The van der Waals surface area contributed by atoms with Crippen molar-refractivity contribution < 1.29 is 18.9 Å². The Kier molecular flexibility index (Phi) is 4.94. The quantitative estimate of drug-likeness (QED) is 0.589. The van der Waals surface area contributed by atoms with Gasteiger partial charge in [0.2, 0.25) is 5.72 Å². The maximum atomic E-state index is 6.70. The molecule has 0 unspecified atom stereocenters. The lowest BCUT2D eigenvalue weighted by Gasteiger charge is -2.52. The van der Waals surface area contributed by atoms with Crippen molar-refractivity contribution >= 4 is 21.6 Å². The lowest BCUT2D eigenvalue weighted by molar-refractivity contribution is -0.212. The lowest BCUT2D eigenvalue weighted by Crippen LogP contribution is -2.60. The highest BCUT2D eigenvalue weighted by Crippen LogP contribution is 2.52. The molecular weight excluding hydrogens is 460 g/mol. The molecule has 0 saturated carbocycles. The van der Waals surface area contributed by atoms with Crippen LogP contribution < -0.4 is 14.2 Å². The molecule has 3 heterocycles. The molecule has 164 valence electrons. The minimum absolute atomic E-state index is 0.109. The fraction of sp³-hybridized carbons (Fsp3) is 0.458. The average Bonchev–Trinajstić information content (AvgIpc) is 3.20. The van der Waals surface area contributed by atoms with E-state index in [4.69, 9.17) is 24.0 Å². The second-order valence-corrected chi connectivity index (χ2v) is 9.86. The maximum absolute atomic E-state index is 6.70. The van der Waals surface area contributed by atoms with Crippen LogP contribution in [0.25, 0.3) is 0 Å². The predicted molar refractivity (Wildman–Crippen MR) is 122 cm³/mol. The number of nitrogens with zero attached hydrogens (tertiary/aromatic N) is 2.